The van der Waals surface area contributed by atoms with Gasteiger partial charge in [0.05, 0.1) is 0 Å². The van der Waals surface area contributed by atoms with E-state index >= 15 is 0 Å². The summed E-state index contributed by atoms with van der Waals surface area (Å²) in [6.45, 7) is 10.5. The highest BCUT2D eigenvalue weighted by Gasteiger charge is 2.07. The van der Waals surface area contributed by atoms with Gasteiger partial charge in [0.15, 0.2) is 0 Å². The molecule has 0 aliphatic heterocycles. The topological polar surface area (TPSA) is 35.9 Å². The largest absolute Gasteiger partial charge is 0.388 e. The van der Waals surface area contributed by atoms with E-state index in [2.05, 4.69) is 38.2 Å². The molecule has 0 saturated heterocycles. The molecule has 90 valence electrons. The zero-order valence-electron chi connectivity index (χ0n) is 11.3. The van der Waals surface area contributed by atoms with Crippen LogP contribution in [0.3, 0.4) is 0 Å². The van der Waals surface area contributed by atoms with Crippen LogP contribution < -0.4 is 5.32 Å². The fourth-order valence-corrected chi connectivity index (χ4v) is 1.70. The minimum absolute atomic E-state index is 0.530. The SMILES string of the molecule is CC.CNc1cc(C(C)C)c(C)cc1C=N. The Hall–Kier alpha value is -1.31. The molecule has 1 rings (SSSR count). The van der Waals surface area contributed by atoms with Crippen LogP contribution in [0.4, 0.5) is 5.69 Å². The first kappa shape index (κ1) is 14.7. The summed E-state index contributed by atoms with van der Waals surface area (Å²) in [4.78, 5) is 0. The molecular formula is C14H24N2. The maximum Gasteiger partial charge on any atom is 0.0429 e. The highest BCUT2D eigenvalue weighted by Crippen LogP contribution is 2.25. The maximum absolute atomic E-state index is 7.30. The molecule has 1 aromatic rings. The molecular weight excluding hydrogens is 196 g/mol. The van der Waals surface area contributed by atoms with Crippen molar-refractivity contribution in [2.75, 3.05) is 12.4 Å². The zero-order valence-corrected chi connectivity index (χ0v) is 11.3. The molecule has 0 aliphatic carbocycles. The van der Waals surface area contributed by atoms with Gasteiger partial charge in [0.2, 0.25) is 0 Å². The molecule has 1 aromatic carbocycles. The molecule has 0 heterocycles. The van der Waals surface area contributed by atoms with Gasteiger partial charge in [0, 0.05) is 24.5 Å². The van der Waals surface area contributed by atoms with E-state index in [1.165, 1.54) is 17.3 Å². The molecule has 2 nitrogen and oxygen atoms in total. The van der Waals surface area contributed by atoms with Crippen molar-refractivity contribution < 1.29 is 0 Å². The van der Waals surface area contributed by atoms with Crippen LogP contribution in [0.2, 0.25) is 0 Å². The van der Waals surface area contributed by atoms with E-state index in [4.69, 9.17) is 5.41 Å². The summed E-state index contributed by atoms with van der Waals surface area (Å²) >= 11 is 0. The predicted octanol–water partition coefficient (Wildman–Crippen LogP) is 4.18. The van der Waals surface area contributed by atoms with Gasteiger partial charge in [0.1, 0.15) is 0 Å². The van der Waals surface area contributed by atoms with Crippen molar-refractivity contribution in [3.05, 3.63) is 28.8 Å². The van der Waals surface area contributed by atoms with E-state index in [-0.39, 0.29) is 0 Å². The van der Waals surface area contributed by atoms with Gasteiger partial charge in [-0.25, -0.2) is 0 Å². The van der Waals surface area contributed by atoms with Gasteiger partial charge in [-0.05, 0) is 36.1 Å². The van der Waals surface area contributed by atoms with Crippen LogP contribution in [0, 0.1) is 12.3 Å². The smallest absolute Gasteiger partial charge is 0.0429 e. The Morgan fingerprint density at radius 3 is 2.19 bits per heavy atom. The Morgan fingerprint density at radius 1 is 1.25 bits per heavy atom. The number of anilines is 1. The van der Waals surface area contributed by atoms with Crippen LogP contribution in [-0.2, 0) is 0 Å². The summed E-state index contributed by atoms with van der Waals surface area (Å²) in [5.74, 6) is 0.530. The van der Waals surface area contributed by atoms with Crippen molar-refractivity contribution in [1.82, 2.24) is 0 Å². The van der Waals surface area contributed by atoms with Gasteiger partial charge in [-0.1, -0.05) is 27.7 Å². The van der Waals surface area contributed by atoms with Crippen molar-refractivity contribution in [1.29, 1.82) is 5.41 Å². The third-order valence-electron chi connectivity index (χ3n) is 2.49. The zero-order chi connectivity index (χ0) is 12.7. The van der Waals surface area contributed by atoms with Crippen molar-refractivity contribution in [2.45, 2.75) is 40.5 Å². The molecule has 0 amide bonds. The lowest BCUT2D eigenvalue weighted by Gasteiger charge is -2.14. The minimum Gasteiger partial charge on any atom is -0.388 e. The van der Waals surface area contributed by atoms with Crippen LogP contribution in [0.15, 0.2) is 12.1 Å². The second-order valence-corrected chi connectivity index (χ2v) is 3.85. The Balaban J connectivity index is 0.00000106. The Labute approximate surface area is 99.6 Å². The number of nitrogens with one attached hydrogen (secondary N) is 2. The third kappa shape index (κ3) is 3.37. The average Bonchev–Trinajstić information content (AvgIpc) is 2.30. The maximum atomic E-state index is 7.30. The number of hydrogen-bond acceptors (Lipinski definition) is 2. The summed E-state index contributed by atoms with van der Waals surface area (Å²) in [5.41, 5.74) is 4.60. The number of hydrogen-bond donors (Lipinski definition) is 2. The molecule has 2 N–H and O–H groups in total. The van der Waals surface area contributed by atoms with Crippen LogP contribution >= 0.6 is 0 Å². The van der Waals surface area contributed by atoms with Crippen LogP contribution in [0.25, 0.3) is 0 Å². The highest BCUT2D eigenvalue weighted by molar-refractivity contribution is 5.86. The first-order valence-electron chi connectivity index (χ1n) is 5.93. The van der Waals surface area contributed by atoms with E-state index in [1.807, 2.05) is 20.9 Å². The molecule has 16 heavy (non-hydrogen) atoms. The summed E-state index contributed by atoms with van der Waals surface area (Å²) in [6, 6.07) is 4.20. The molecule has 0 spiro atoms. The second kappa shape index (κ2) is 7.04. The van der Waals surface area contributed by atoms with E-state index in [0.29, 0.717) is 5.92 Å². The van der Waals surface area contributed by atoms with Crippen LogP contribution in [0.5, 0.6) is 0 Å². The predicted molar refractivity (Wildman–Crippen MR) is 74.0 cm³/mol. The molecule has 0 saturated carbocycles. The minimum atomic E-state index is 0.530. The molecule has 0 aromatic heterocycles. The highest BCUT2D eigenvalue weighted by atomic mass is 14.8. The van der Waals surface area contributed by atoms with Crippen molar-refractivity contribution >= 4 is 11.9 Å². The summed E-state index contributed by atoms with van der Waals surface area (Å²) in [7, 11) is 1.89. The third-order valence-corrected chi connectivity index (χ3v) is 2.49. The Bertz CT molecular complexity index is 341. The lowest BCUT2D eigenvalue weighted by Crippen LogP contribution is -2.00. The molecule has 0 bridgehead atoms. The van der Waals surface area contributed by atoms with Gasteiger partial charge in [0.25, 0.3) is 0 Å². The normalized spacial score (nSPS) is 9.44. The average molecular weight is 220 g/mol. The summed E-state index contributed by atoms with van der Waals surface area (Å²) in [5, 5.41) is 10.4. The second-order valence-electron chi connectivity index (χ2n) is 3.85. The quantitative estimate of drug-likeness (QED) is 0.736. The number of rotatable bonds is 3. The fraction of sp³-hybridized carbons (Fsp3) is 0.500. The number of aryl methyl sites for hydroxylation is 1. The standard InChI is InChI=1S/C12H18N2.C2H6/c1-8(2)11-6-12(14-4)10(7-13)5-9(11)3;1-2/h5-8,13-14H,1-4H3;1-2H3. The summed E-state index contributed by atoms with van der Waals surface area (Å²) in [6.07, 6.45) is 1.39. The molecule has 0 fully saturated rings. The lowest BCUT2D eigenvalue weighted by molar-refractivity contribution is 0.857. The van der Waals surface area contributed by atoms with Crippen molar-refractivity contribution in [2.24, 2.45) is 0 Å². The van der Waals surface area contributed by atoms with Crippen LogP contribution in [0.1, 0.15) is 50.3 Å². The van der Waals surface area contributed by atoms with Crippen molar-refractivity contribution in [3.8, 4) is 0 Å². The van der Waals surface area contributed by atoms with Crippen LogP contribution in [-0.4, -0.2) is 13.3 Å². The first-order valence-corrected chi connectivity index (χ1v) is 5.93. The van der Waals surface area contributed by atoms with Gasteiger partial charge in [-0.2, -0.15) is 0 Å². The number of benzene rings is 1. The van der Waals surface area contributed by atoms with Gasteiger partial charge in [-0.15, -0.1) is 0 Å². The molecule has 0 atom stereocenters. The van der Waals surface area contributed by atoms with E-state index < -0.39 is 0 Å². The van der Waals surface area contributed by atoms with Gasteiger partial charge < -0.3 is 10.7 Å². The van der Waals surface area contributed by atoms with Gasteiger partial charge in [-0.3, -0.25) is 0 Å². The van der Waals surface area contributed by atoms with Gasteiger partial charge >= 0.3 is 0 Å². The molecule has 0 aliphatic rings. The molecule has 2 heteroatoms. The Morgan fingerprint density at radius 2 is 1.81 bits per heavy atom. The molecule has 0 radical (unpaired) electrons. The van der Waals surface area contributed by atoms with E-state index in [1.54, 1.807) is 0 Å². The lowest BCUT2D eigenvalue weighted by atomic mass is 9.95. The fourth-order valence-electron chi connectivity index (χ4n) is 1.70. The Kier molecular flexibility index (Phi) is 6.47. The molecule has 0 unspecified atom stereocenters. The summed E-state index contributed by atoms with van der Waals surface area (Å²) < 4.78 is 0. The van der Waals surface area contributed by atoms with Crippen molar-refractivity contribution in [3.63, 3.8) is 0 Å². The first-order chi connectivity index (χ1) is 7.60. The van der Waals surface area contributed by atoms with E-state index in [0.717, 1.165) is 11.3 Å². The monoisotopic (exact) mass is 220 g/mol. The van der Waals surface area contributed by atoms with E-state index in [9.17, 15) is 0 Å².